The fraction of sp³-hybridized carbons (Fsp3) is 0.615. The van der Waals surface area contributed by atoms with Crippen molar-refractivity contribution in [1.29, 1.82) is 0 Å². The molecule has 2 heterocycles. The lowest BCUT2D eigenvalue weighted by Crippen LogP contribution is -2.47. The Morgan fingerprint density at radius 3 is 2.94 bits per heavy atom. The summed E-state index contributed by atoms with van der Waals surface area (Å²) in [5, 5.41) is 12.2. The van der Waals surface area contributed by atoms with E-state index >= 15 is 0 Å². The summed E-state index contributed by atoms with van der Waals surface area (Å²) in [5.74, 6) is 0.877. The Balaban J connectivity index is 1.95. The number of rotatable bonds is 4. The molecular weight excluding hydrogens is 230 g/mol. The lowest BCUT2D eigenvalue weighted by molar-refractivity contribution is -0.0972. The maximum atomic E-state index is 9.19. The highest BCUT2D eigenvalue weighted by atomic mass is 16.5. The molecule has 1 aliphatic heterocycles. The number of anilines is 1. The molecule has 0 aliphatic carbocycles. The van der Waals surface area contributed by atoms with Gasteiger partial charge in [-0.25, -0.2) is 4.98 Å². The van der Waals surface area contributed by atoms with Crippen molar-refractivity contribution in [3.05, 3.63) is 23.9 Å². The zero-order chi connectivity index (χ0) is 13.0. The van der Waals surface area contributed by atoms with Crippen LogP contribution in [0.4, 0.5) is 5.82 Å². The van der Waals surface area contributed by atoms with Crippen LogP contribution in [0.15, 0.2) is 18.3 Å². The van der Waals surface area contributed by atoms with Crippen LogP contribution in [0.5, 0.6) is 0 Å². The van der Waals surface area contributed by atoms with Gasteiger partial charge in [-0.2, -0.15) is 0 Å². The third kappa shape index (κ3) is 3.41. The maximum Gasteiger partial charge on any atom is 0.125 e. The van der Waals surface area contributed by atoms with Crippen molar-refractivity contribution in [2.45, 2.75) is 25.7 Å². The summed E-state index contributed by atoms with van der Waals surface area (Å²) in [4.78, 5) is 6.60. The molecule has 0 bridgehead atoms. The number of pyridine rings is 1. The smallest absolute Gasteiger partial charge is 0.125 e. The molecule has 100 valence electrons. The molecule has 0 aromatic carbocycles. The molecule has 0 saturated carbocycles. The van der Waals surface area contributed by atoms with E-state index in [0.29, 0.717) is 0 Å². The zero-order valence-electron chi connectivity index (χ0n) is 11.0. The largest absolute Gasteiger partial charge is 0.394 e. The highest BCUT2D eigenvalue weighted by molar-refractivity contribution is 5.34. The molecule has 18 heavy (non-hydrogen) atoms. The topological polar surface area (TPSA) is 57.6 Å². The van der Waals surface area contributed by atoms with Crippen molar-refractivity contribution >= 4 is 5.82 Å². The van der Waals surface area contributed by atoms with Gasteiger partial charge in [-0.1, -0.05) is 6.07 Å². The number of aliphatic hydroxyl groups excluding tert-OH is 1. The molecule has 1 saturated heterocycles. The number of nitrogens with one attached hydrogen (secondary N) is 1. The Morgan fingerprint density at radius 1 is 1.50 bits per heavy atom. The monoisotopic (exact) mass is 251 g/mol. The first-order valence-electron chi connectivity index (χ1n) is 6.32. The summed E-state index contributed by atoms with van der Waals surface area (Å²) in [6, 6.07) is 4.05. The molecule has 2 rings (SSSR count). The van der Waals surface area contributed by atoms with Crippen LogP contribution in [0.25, 0.3) is 0 Å². The van der Waals surface area contributed by atoms with Gasteiger partial charge in [-0.3, -0.25) is 4.90 Å². The number of hydrogen-bond donors (Lipinski definition) is 2. The molecule has 0 radical (unpaired) electrons. The first-order valence-corrected chi connectivity index (χ1v) is 6.32. The molecule has 2 atom stereocenters. The van der Waals surface area contributed by atoms with Crippen LogP contribution in [0.2, 0.25) is 0 Å². The van der Waals surface area contributed by atoms with Crippen molar-refractivity contribution in [3.8, 4) is 0 Å². The molecule has 0 spiro atoms. The van der Waals surface area contributed by atoms with Gasteiger partial charge in [0.1, 0.15) is 5.82 Å². The Kier molecular flexibility index (Phi) is 4.52. The van der Waals surface area contributed by atoms with Crippen LogP contribution in [0, 0.1) is 0 Å². The second-order valence-corrected chi connectivity index (χ2v) is 4.75. The molecule has 0 amide bonds. The molecule has 5 nitrogen and oxygen atoms in total. The molecule has 2 unspecified atom stereocenters. The Bertz CT molecular complexity index is 369. The normalized spacial score (nSPS) is 25.1. The molecule has 1 aromatic rings. The van der Waals surface area contributed by atoms with Crippen molar-refractivity contribution in [1.82, 2.24) is 9.88 Å². The quantitative estimate of drug-likeness (QED) is 0.825. The third-order valence-electron chi connectivity index (χ3n) is 3.09. The van der Waals surface area contributed by atoms with E-state index in [1.807, 2.05) is 26.2 Å². The van der Waals surface area contributed by atoms with Crippen LogP contribution in [-0.4, -0.2) is 53.9 Å². The van der Waals surface area contributed by atoms with E-state index in [4.69, 9.17) is 4.74 Å². The summed E-state index contributed by atoms with van der Waals surface area (Å²) in [5.41, 5.74) is 1.18. The highest BCUT2D eigenvalue weighted by Crippen LogP contribution is 2.14. The summed E-state index contributed by atoms with van der Waals surface area (Å²) in [7, 11) is 1.86. The van der Waals surface area contributed by atoms with Crippen molar-refractivity contribution in [3.63, 3.8) is 0 Å². The van der Waals surface area contributed by atoms with Gasteiger partial charge in [0.25, 0.3) is 0 Å². The fourth-order valence-electron chi connectivity index (χ4n) is 2.29. The van der Waals surface area contributed by atoms with Gasteiger partial charge in [-0.15, -0.1) is 0 Å². The molecular formula is C13H21N3O2. The Hall–Kier alpha value is -1.17. The third-order valence-corrected chi connectivity index (χ3v) is 3.09. The van der Waals surface area contributed by atoms with Crippen LogP contribution < -0.4 is 5.32 Å². The van der Waals surface area contributed by atoms with Gasteiger partial charge >= 0.3 is 0 Å². The van der Waals surface area contributed by atoms with Crippen LogP contribution >= 0.6 is 0 Å². The molecule has 1 aromatic heterocycles. The summed E-state index contributed by atoms with van der Waals surface area (Å²) < 4.78 is 5.62. The first kappa shape index (κ1) is 13.3. The van der Waals surface area contributed by atoms with E-state index in [9.17, 15) is 5.11 Å². The fourth-order valence-corrected chi connectivity index (χ4v) is 2.29. The van der Waals surface area contributed by atoms with Crippen molar-refractivity contribution in [2.75, 3.05) is 32.1 Å². The predicted molar refractivity (Wildman–Crippen MR) is 70.5 cm³/mol. The predicted octanol–water partition coefficient (Wildman–Crippen LogP) is 0.705. The van der Waals surface area contributed by atoms with Gasteiger partial charge in [0.05, 0.1) is 18.8 Å². The molecule has 1 fully saturated rings. The second-order valence-electron chi connectivity index (χ2n) is 4.75. The number of aliphatic hydroxyl groups is 1. The van der Waals surface area contributed by atoms with Crippen molar-refractivity contribution < 1.29 is 9.84 Å². The number of hydrogen-bond acceptors (Lipinski definition) is 5. The van der Waals surface area contributed by atoms with E-state index in [1.165, 1.54) is 5.56 Å². The van der Waals surface area contributed by atoms with Gasteiger partial charge in [0.15, 0.2) is 0 Å². The van der Waals surface area contributed by atoms with Gasteiger partial charge < -0.3 is 15.2 Å². The average molecular weight is 251 g/mol. The minimum atomic E-state index is -0.0710. The SMILES string of the molecule is CNc1ccc(CN2CC(C)OC(CO)C2)cn1. The minimum absolute atomic E-state index is 0.0710. The first-order chi connectivity index (χ1) is 8.71. The summed E-state index contributed by atoms with van der Waals surface area (Å²) in [6.07, 6.45) is 1.98. The maximum absolute atomic E-state index is 9.19. The average Bonchev–Trinajstić information content (AvgIpc) is 2.39. The lowest BCUT2D eigenvalue weighted by Gasteiger charge is -2.36. The lowest BCUT2D eigenvalue weighted by atomic mass is 10.2. The number of nitrogens with zero attached hydrogens (tertiary/aromatic N) is 2. The van der Waals surface area contributed by atoms with Crippen LogP contribution in [0.1, 0.15) is 12.5 Å². The second kappa shape index (κ2) is 6.13. The molecule has 1 aliphatic rings. The van der Waals surface area contributed by atoms with E-state index in [0.717, 1.165) is 25.5 Å². The van der Waals surface area contributed by atoms with Gasteiger partial charge in [-0.05, 0) is 18.6 Å². The zero-order valence-corrected chi connectivity index (χ0v) is 11.0. The van der Waals surface area contributed by atoms with E-state index in [2.05, 4.69) is 21.3 Å². The van der Waals surface area contributed by atoms with Crippen LogP contribution in [-0.2, 0) is 11.3 Å². The van der Waals surface area contributed by atoms with E-state index in [1.54, 1.807) is 0 Å². The highest BCUT2D eigenvalue weighted by Gasteiger charge is 2.24. The van der Waals surface area contributed by atoms with E-state index in [-0.39, 0.29) is 18.8 Å². The Morgan fingerprint density at radius 2 is 2.33 bits per heavy atom. The van der Waals surface area contributed by atoms with E-state index < -0.39 is 0 Å². The summed E-state index contributed by atoms with van der Waals surface area (Å²) >= 11 is 0. The number of aromatic nitrogens is 1. The van der Waals surface area contributed by atoms with Gasteiger partial charge in [0, 0.05) is 32.9 Å². The van der Waals surface area contributed by atoms with Crippen molar-refractivity contribution in [2.24, 2.45) is 0 Å². The Labute approximate surface area is 108 Å². The number of morpholine rings is 1. The summed E-state index contributed by atoms with van der Waals surface area (Å²) in [6.45, 7) is 4.63. The minimum Gasteiger partial charge on any atom is -0.394 e. The molecule has 5 heteroatoms. The standard InChI is InChI=1S/C13H21N3O2/c1-10-6-16(8-12(9-17)18-10)7-11-3-4-13(14-2)15-5-11/h3-5,10,12,17H,6-9H2,1-2H3,(H,14,15). The number of ether oxygens (including phenoxy) is 1. The molecule has 2 N–H and O–H groups in total. The van der Waals surface area contributed by atoms with Gasteiger partial charge in [0.2, 0.25) is 0 Å². The van der Waals surface area contributed by atoms with Crippen LogP contribution in [0.3, 0.4) is 0 Å².